The van der Waals surface area contributed by atoms with Crippen molar-refractivity contribution in [3.05, 3.63) is 70.6 Å². The summed E-state index contributed by atoms with van der Waals surface area (Å²) in [7, 11) is -1.40. The Kier molecular flexibility index (Phi) is 5.55. The maximum atomic E-state index is 13.0. The molecule has 2 aromatic carbocycles. The molecule has 2 rings (SSSR count). The van der Waals surface area contributed by atoms with Gasteiger partial charge in [-0.1, -0.05) is 68.8 Å². The van der Waals surface area contributed by atoms with Gasteiger partial charge in [-0.2, -0.15) is 0 Å². The van der Waals surface area contributed by atoms with Crippen LogP contribution in [0.3, 0.4) is 0 Å². The zero-order valence-corrected chi connectivity index (χ0v) is 14.9. The molecule has 1 unspecified atom stereocenters. The molecule has 0 aliphatic carbocycles. The van der Waals surface area contributed by atoms with Crippen LogP contribution in [-0.2, 0) is 10.8 Å². The van der Waals surface area contributed by atoms with Crippen LogP contribution < -0.4 is 0 Å². The standard InChI is InChI=1S/C20H24O2S/c1-15-10-12-17(13-11-15)23(22)18(19(21)20(2,3)4)14-16-8-6-5-7-9-16/h5-14,19,21H,1-4H3/b18-14+/t19-,23?/m1/s1. The third-order valence-electron chi connectivity index (χ3n) is 3.65. The van der Waals surface area contributed by atoms with Gasteiger partial charge in [-0.15, -0.1) is 0 Å². The van der Waals surface area contributed by atoms with Gasteiger partial charge in [-0.25, -0.2) is 4.21 Å². The van der Waals surface area contributed by atoms with Gasteiger partial charge in [0.25, 0.3) is 0 Å². The number of aliphatic hydroxyl groups is 1. The average molecular weight is 328 g/mol. The largest absolute Gasteiger partial charge is 0.387 e. The molecule has 2 aromatic rings. The molecule has 0 saturated heterocycles. The molecule has 122 valence electrons. The summed E-state index contributed by atoms with van der Waals surface area (Å²) in [5.74, 6) is 0. The second-order valence-corrected chi connectivity index (χ2v) is 8.29. The summed E-state index contributed by atoms with van der Waals surface area (Å²) in [6, 6.07) is 17.3. The summed E-state index contributed by atoms with van der Waals surface area (Å²) >= 11 is 0. The average Bonchev–Trinajstić information content (AvgIpc) is 2.52. The van der Waals surface area contributed by atoms with E-state index in [9.17, 15) is 9.32 Å². The summed E-state index contributed by atoms with van der Waals surface area (Å²) in [4.78, 5) is 1.24. The Balaban J connectivity index is 2.47. The van der Waals surface area contributed by atoms with E-state index in [1.165, 1.54) is 0 Å². The number of hydrogen-bond acceptors (Lipinski definition) is 2. The molecular formula is C20H24O2S. The highest BCUT2D eigenvalue weighted by Crippen LogP contribution is 2.31. The zero-order chi connectivity index (χ0) is 17.0. The predicted octanol–water partition coefficient (Wildman–Crippen LogP) is 4.55. The third-order valence-corrected chi connectivity index (χ3v) is 5.12. The van der Waals surface area contributed by atoms with Gasteiger partial charge in [0.15, 0.2) is 0 Å². The molecule has 0 heterocycles. The molecule has 2 nitrogen and oxygen atoms in total. The van der Waals surface area contributed by atoms with Crippen molar-refractivity contribution in [2.75, 3.05) is 0 Å². The number of hydrogen-bond donors (Lipinski definition) is 1. The number of aliphatic hydroxyl groups excluding tert-OH is 1. The summed E-state index contributed by atoms with van der Waals surface area (Å²) in [6.45, 7) is 7.84. The Morgan fingerprint density at radius 1 is 1.04 bits per heavy atom. The molecule has 0 bridgehead atoms. The van der Waals surface area contributed by atoms with Gasteiger partial charge < -0.3 is 5.11 Å². The van der Waals surface area contributed by atoms with Crippen molar-refractivity contribution >= 4 is 16.9 Å². The first-order valence-electron chi connectivity index (χ1n) is 7.72. The van der Waals surface area contributed by atoms with E-state index < -0.39 is 16.9 Å². The van der Waals surface area contributed by atoms with E-state index in [1.54, 1.807) is 0 Å². The van der Waals surface area contributed by atoms with Crippen LogP contribution >= 0.6 is 0 Å². The van der Waals surface area contributed by atoms with Crippen LogP contribution in [0, 0.1) is 12.3 Å². The topological polar surface area (TPSA) is 37.3 Å². The van der Waals surface area contributed by atoms with Crippen LogP contribution in [0.5, 0.6) is 0 Å². The first kappa shape index (κ1) is 17.6. The Morgan fingerprint density at radius 2 is 1.61 bits per heavy atom. The smallest absolute Gasteiger partial charge is 0.0925 e. The van der Waals surface area contributed by atoms with Crippen molar-refractivity contribution in [1.29, 1.82) is 0 Å². The van der Waals surface area contributed by atoms with E-state index in [-0.39, 0.29) is 5.41 Å². The van der Waals surface area contributed by atoms with E-state index in [1.807, 2.05) is 88.4 Å². The molecular weight excluding hydrogens is 304 g/mol. The minimum absolute atomic E-state index is 0.388. The van der Waals surface area contributed by atoms with Crippen LogP contribution in [0.15, 0.2) is 64.4 Å². The SMILES string of the molecule is Cc1ccc(S(=O)/C(=C/c2ccccc2)[C@@H](O)C(C)(C)C)cc1. The van der Waals surface area contributed by atoms with Crippen molar-refractivity contribution in [3.63, 3.8) is 0 Å². The van der Waals surface area contributed by atoms with E-state index in [4.69, 9.17) is 0 Å². The predicted molar refractivity (Wildman–Crippen MR) is 97.5 cm³/mol. The van der Waals surface area contributed by atoms with Crippen molar-refractivity contribution in [3.8, 4) is 0 Å². The lowest BCUT2D eigenvalue weighted by atomic mass is 9.88. The maximum Gasteiger partial charge on any atom is 0.0925 e. The normalized spacial score (nSPS) is 15.3. The molecule has 0 radical (unpaired) electrons. The third kappa shape index (κ3) is 4.63. The number of aryl methyl sites for hydroxylation is 1. The first-order chi connectivity index (χ1) is 10.8. The van der Waals surface area contributed by atoms with E-state index in [0.29, 0.717) is 9.80 Å². The highest BCUT2D eigenvalue weighted by Gasteiger charge is 2.29. The Bertz CT molecular complexity index is 695. The number of rotatable bonds is 4. The minimum atomic E-state index is -1.40. The summed E-state index contributed by atoms with van der Waals surface area (Å²) in [6.07, 6.45) is 1.05. The summed E-state index contributed by atoms with van der Waals surface area (Å²) < 4.78 is 13.0. The minimum Gasteiger partial charge on any atom is -0.387 e. The highest BCUT2D eigenvalue weighted by molar-refractivity contribution is 7.89. The fourth-order valence-corrected chi connectivity index (χ4v) is 3.63. The Morgan fingerprint density at radius 3 is 2.13 bits per heavy atom. The van der Waals surface area contributed by atoms with Gasteiger partial charge >= 0.3 is 0 Å². The quantitative estimate of drug-likeness (QED) is 0.894. The van der Waals surface area contributed by atoms with Crippen LogP contribution in [0.25, 0.3) is 6.08 Å². The Labute approximate surface area is 141 Å². The van der Waals surface area contributed by atoms with E-state index in [0.717, 1.165) is 11.1 Å². The van der Waals surface area contributed by atoms with Crippen molar-refractivity contribution in [2.45, 2.75) is 38.7 Å². The molecule has 0 spiro atoms. The lowest BCUT2D eigenvalue weighted by Gasteiger charge is -2.28. The maximum absolute atomic E-state index is 13.0. The second kappa shape index (κ2) is 7.24. The summed E-state index contributed by atoms with van der Waals surface area (Å²) in [5, 5.41) is 10.7. The molecule has 0 aromatic heterocycles. The molecule has 1 N–H and O–H groups in total. The fourth-order valence-electron chi connectivity index (χ4n) is 2.17. The lowest BCUT2D eigenvalue weighted by molar-refractivity contribution is 0.102. The monoisotopic (exact) mass is 328 g/mol. The van der Waals surface area contributed by atoms with Gasteiger partial charge in [0, 0.05) is 4.90 Å². The molecule has 0 saturated carbocycles. The highest BCUT2D eigenvalue weighted by atomic mass is 32.2. The van der Waals surface area contributed by atoms with Crippen molar-refractivity contribution in [2.24, 2.45) is 5.41 Å². The molecule has 0 amide bonds. The van der Waals surface area contributed by atoms with Crippen LogP contribution in [-0.4, -0.2) is 15.4 Å². The van der Waals surface area contributed by atoms with E-state index >= 15 is 0 Å². The van der Waals surface area contributed by atoms with Crippen LogP contribution in [0.1, 0.15) is 31.9 Å². The van der Waals surface area contributed by atoms with Gasteiger partial charge in [0.05, 0.1) is 21.8 Å². The van der Waals surface area contributed by atoms with Gasteiger partial charge in [-0.05, 0) is 36.1 Å². The van der Waals surface area contributed by atoms with Crippen molar-refractivity contribution < 1.29 is 9.32 Å². The zero-order valence-electron chi connectivity index (χ0n) is 14.1. The van der Waals surface area contributed by atoms with Crippen molar-refractivity contribution in [1.82, 2.24) is 0 Å². The van der Waals surface area contributed by atoms with Crippen LogP contribution in [0.4, 0.5) is 0 Å². The Hall–Kier alpha value is -1.71. The first-order valence-corrected chi connectivity index (χ1v) is 8.87. The van der Waals surface area contributed by atoms with Gasteiger partial charge in [0.1, 0.15) is 0 Å². The molecule has 23 heavy (non-hydrogen) atoms. The molecule has 3 heteroatoms. The van der Waals surface area contributed by atoms with Crippen LogP contribution in [0.2, 0.25) is 0 Å². The number of benzene rings is 2. The molecule has 0 aliphatic heterocycles. The molecule has 0 fully saturated rings. The van der Waals surface area contributed by atoms with Gasteiger partial charge in [0.2, 0.25) is 0 Å². The lowest BCUT2D eigenvalue weighted by Crippen LogP contribution is -2.29. The van der Waals surface area contributed by atoms with E-state index in [2.05, 4.69) is 0 Å². The molecule has 2 atom stereocenters. The second-order valence-electron chi connectivity index (χ2n) is 6.81. The fraction of sp³-hybridized carbons (Fsp3) is 0.300. The van der Waals surface area contributed by atoms with Gasteiger partial charge in [-0.3, -0.25) is 0 Å². The summed E-state index contributed by atoms with van der Waals surface area (Å²) in [5.41, 5.74) is 1.67. The molecule has 0 aliphatic rings.